The first-order chi connectivity index (χ1) is 14.3. The Balaban J connectivity index is 1.50. The van der Waals surface area contributed by atoms with Crippen molar-refractivity contribution in [1.29, 1.82) is 0 Å². The van der Waals surface area contributed by atoms with Gasteiger partial charge < -0.3 is 9.47 Å². The van der Waals surface area contributed by atoms with Gasteiger partial charge >= 0.3 is 0 Å². The maximum Gasteiger partial charge on any atom is 0.231 e. The first kappa shape index (κ1) is 18.2. The van der Waals surface area contributed by atoms with Crippen molar-refractivity contribution >= 4 is 17.5 Å². The van der Waals surface area contributed by atoms with Crippen LogP contribution in [0.25, 0.3) is 11.4 Å². The van der Waals surface area contributed by atoms with E-state index in [1.54, 1.807) is 11.8 Å². The number of nitrogens with zero attached hydrogens (tertiary/aromatic N) is 3. The van der Waals surface area contributed by atoms with Crippen LogP contribution in [0.5, 0.6) is 11.5 Å². The number of benzene rings is 2. The second kappa shape index (κ2) is 7.91. The van der Waals surface area contributed by atoms with Gasteiger partial charge in [0.25, 0.3) is 0 Å². The van der Waals surface area contributed by atoms with Crippen LogP contribution in [0.3, 0.4) is 0 Å². The van der Waals surface area contributed by atoms with Gasteiger partial charge in [0.2, 0.25) is 6.79 Å². The van der Waals surface area contributed by atoms with E-state index in [1.165, 1.54) is 0 Å². The van der Waals surface area contributed by atoms with Gasteiger partial charge in [0, 0.05) is 12.0 Å². The minimum Gasteiger partial charge on any atom is -0.454 e. The Morgan fingerprint density at radius 2 is 1.90 bits per heavy atom. The first-order valence-electron chi connectivity index (χ1n) is 9.84. The Morgan fingerprint density at radius 3 is 2.76 bits per heavy atom. The Hall–Kier alpha value is -2.80. The van der Waals surface area contributed by atoms with E-state index in [2.05, 4.69) is 14.8 Å². The largest absolute Gasteiger partial charge is 0.454 e. The van der Waals surface area contributed by atoms with Crippen molar-refractivity contribution in [3.63, 3.8) is 0 Å². The summed E-state index contributed by atoms with van der Waals surface area (Å²) in [4.78, 5) is 12.4. The number of ketones is 1. The molecule has 3 aromatic rings. The van der Waals surface area contributed by atoms with E-state index in [1.807, 2.05) is 48.5 Å². The molecule has 5 rings (SSSR count). The molecule has 0 spiro atoms. The molecular weight excluding hydrogens is 386 g/mol. The molecule has 0 N–H and O–H groups in total. The number of rotatable bonds is 5. The van der Waals surface area contributed by atoms with Crippen LogP contribution < -0.4 is 9.47 Å². The van der Waals surface area contributed by atoms with Gasteiger partial charge in [-0.2, -0.15) is 0 Å². The minimum absolute atomic E-state index is 0.0351. The zero-order chi connectivity index (χ0) is 19.6. The van der Waals surface area contributed by atoms with Gasteiger partial charge in [-0.3, -0.25) is 9.36 Å². The summed E-state index contributed by atoms with van der Waals surface area (Å²) in [6, 6.07) is 16.0. The van der Waals surface area contributed by atoms with Crippen molar-refractivity contribution in [1.82, 2.24) is 14.8 Å². The number of hydrogen-bond donors (Lipinski definition) is 0. The zero-order valence-corrected chi connectivity index (χ0v) is 16.7. The van der Waals surface area contributed by atoms with Crippen molar-refractivity contribution in [3.05, 3.63) is 54.1 Å². The fourth-order valence-corrected chi connectivity index (χ4v) is 4.90. The third kappa shape index (κ3) is 3.74. The molecule has 0 saturated heterocycles. The summed E-state index contributed by atoms with van der Waals surface area (Å²) in [5.74, 6) is 2.64. The van der Waals surface area contributed by atoms with Crippen molar-refractivity contribution < 1.29 is 14.3 Å². The third-order valence-electron chi connectivity index (χ3n) is 5.27. The van der Waals surface area contributed by atoms with Crippen LogP contribution >= 0.6 is 11.8 Å². The van der Waals surface area contributed by atoms with Gasteiger partial charge in [-0.15, -0.1) is 10.2 Å². The fraction of sp³-hybridized carbons (Fsp3) is 0.318. The van der Waals surface area contributed by atoms with Gasteiger partial charge in [0.1, 0.15) is 5.78 Å². The summed E-state index contributed by atoms with van der Waals surface area (Å²) in [7, 11) is 0. The lowest BCUT2D eigenvalue weighted by atomic mass is 9.99. The molecule has 0 bridgehead atoms. The molecule has 1 aliphatic heterocycles. The highest BCUT2D eigenvalue weighted by Crippen LogP contribution is 2.35. The van der Waals surface area contributed by atoms with Crippen molar-refractivity contribution in [3.8, 4) is 22.9 Å². The SMILES string of the molecule is O=C1CCCCC1Sc1nnc(-c2ccccc2)n1Cc1ccc2c(c1)OCO2. The molecular formula is C22H21N3O3S. The van der Waals surface area contributed by atoms with Gasteiger partial charge in [0.15, 0.2) is 22.5 Å². The summed E-state index contributed by atoms with van der Waals surface area (Å²) < 4.78 is 13.0. The summed E-state index contributed by atoms with van der Waals surface area (Å²) in [5.41, 5.74) is 2.07. The molecule has 2 aromatic carbocycles. The molecule has 7 heteroatoms. The number of ether oxygens (including phenoxy) is 2. The highest BCUT2D eigenvalue weighted by Gasteiger charge is 2.26. The van der Waals surface area contributed by atoms with Gasteiger partial charge in [-0.25, -0.2) is 0 Å². The number of fused-ring (bicyclic) bond motifs is 1. The van der Waals surface area contributed by atoms with E-state index in [0.717, 1.165) is 52.9 Å². The number of carbonyl (C=O) groups is 1. The Kier molecular flexibility index (Phi) is 4.97. The zero-order valence-electron chi connectivity index (χ0n) is 15.9. The highest BCUT2D eigenvalue weighted by molar-refractivity contribution is 8.00. The lowest BCUT2D eigenvalue weighted by Gasteiger charge is -2.20. The van der Waals surface area contributed by atoms with E-state index >= 15 is 0 Å². The molecule has 1 fully saturated rings. The molecule has 6 nitrogen and oxygen atoms in total. The monoisotopic (exact) mass is 407 g/mol. The molecule has 1 atom stereocenters. The van der Waals surface area contributed by atoms with Crippen LogP contribution in [-0.4, -0.2) is 32.6 Å². The standard InChI is InChI=1S/C22H21N3O3S/c26-17-8-4-5-9-20(17)29-22-24-23-21(16-6-2-1-3-7-16)25(22)13-15-10-11-18-19(12-15)28-14-27-18/h1-3,6-7,10-12,20H,4-5,8-9,13-14H2. The molecule has 1 saturated carbocycles. The lowest BCUT2D eigenvalue weighted by molar-refractivity contribution is -0.119. The summed E-state index contributed by atoms with van der Waals surface area (Å²) >= 11 is 1.54. The molecule has 1 aromatic heterocycles. The molecule has 1 unspecified atom stereocenters. The number of aromatic nitrogens is 3. The number of Topliss-reactive ketones (excluding diaryl/α,β-unsaturated/α-hetero) is 1. The Labute approximate surface area is 173 Å². The van der Waals surface area contributed by atoms with Crippen molar-refractivity contribution in [2.45, 2.75) is 42.6 Å². The maximum atomic E-state index is 12.4. The molecule has 148 valence electrons. The fourth-order valence-electron chi connectivity index (χ4n) is 3.74. The number of thioether (sulfide) groups is 1. The van der Waals surface area contributed by atoms with Crippen molar-refractivity contribution in [2.24, 2.45) is 0 Å². The third-order valence-corrected chi connectivity index (χ3v) is 6.57. The van der Waals surface area contributed by atoms with Crippen molar-refractivity contribution in [2.75, 3.05) is 6.79 Å². The quantitative estimate of drug-likeness (QED) is 0.627. The minimum atomic E-state index is -0.0351. The normalized spacial score (nSPS) is 18.2. The van der Waals surface area contributed by atoms with E-state index in [0.29, 0.717) is 18.7 Å². The predicted molar refractivity (Wildman–Crippen MR) is 110 cm³/mol. The molecule has 0 amide bonds. The van der Waals surface area contributed by atoms with Crippen LogP contribution in [0.2, 0.25) is 0 Å². The van der Waals surface area contributed by atoms with Crippen LogP contribution in [-0.2, 0) is 11.3 Å². The summed E-state index contributed by atoms with van der Waals surface area (Å²) in [6.45, 7) is 0.850. The van der Waals surface area contributed by atoms with Crippen LogP contribution in [0, 0.1) is 0 Å². The smallest absolute Gasteiger partial charge is 0.231 e. The Morgan fingerprint density at radius 1 is 1.03 bits per heavy atom. The number of carbonyl (C=O) groups excluding carboxylic acids is 1. The average molecular weight is 407 g/mol. The predicted octanol–water partition coefficient (Wildman–Crippen LogP) is 4.33. The highest BCUT2D eigenvalue weighted by atomic mass is 32.2. The maximum absolute atomic E-state index is 12.4. The molecule has 1 aliphatic carbocycles. The average Bonchev–Trinajstić information content (AvgIpc) is 3.37. The van der Waals surface area contributed by atoms with Crippen LogP contribution in [0.4, 0.5) is 0 Å². The summed E-state index contributed by atoms with van der Waals surface area (Å²) in [6.07, 6.45) is 3.65. The van der Waals surface area contributed by atoms with E-state index in [4.69, 9.17) is 9.47 Å². The van der Waals surface area contributed by atoms with Gasteiger partial charge in [-0.1, -0.05) is 54.6 Å². The Bertz CT molecular complexity index is 1040. The second-order valence-electron chi connectivity index (χ2n) is 7.26. The topological polar surface area (TPSA) is 66.2 Å². The van der Waals surface area contributed by atoms with Gasteiger partial charge in [-0.05, 0) is 30.5 Å². The first-order valence-corrected chi connectivity index (χ1v) is 10.7. The van der Waals surface area contributed by atoms with Crippen LogP contribution in [0.1, 0.15) is 31.2 Å². The van der Waals surface area contributed by atoms with E-state index in [-0.39, 0.29) is 12.0 Å². The second-order valence-corrected chi connectivity index (χ2v) is 8.43. The van der Waals surface area contributed by atoms with Gasteiger partial charge in [0.05, 0.1) is 11.8 Å². The van der Waals surface area contributed by atoms with E-state index < -0.39 is 0 Å². The molecule has 2 aliphatic rings. The number of hydrogen-bond acceptors (Lipinski definition) is 6. The molecule has 2 heterocycles. The van der Waals surface area contributed by atoms with Crippen LogP contribution in [0.15, 0.2) is 53.7 Å². The lowest BCUT2D eigenvalue weighted by Crippen LogP contribution is -2.22. The molecule has 29 heavy (non-hydrogen) atoms. The molecule has 0 radical (unpaired) electrons. The summed E-state index contributed by atoms with van der Waals surface area (Å²) in [5, 5.41) is 9.67. The van der Waals surface area contributed by atoms with E-state index in [9.17, 15) is 4.79 Å².